The third-order valence-electron chi connectivity index (χ3n) is 5.41. The van der Waals surface area contributed by atoms with Gasteiger partial charge in [0.25, 0.3) is 0 Å². The number of hydrogen-bond donors (Lipinski definition) is 0. The summed E-state index contributed by atoms with van der Waals surface area (Å²) >= 11 is 0. The van der Waals surface area contributed by atoms with Crippen molar-refractivity contribution in [3.05, 3.63) is 46.8 Å². The first-order chi connectivity index (χ1) is 11.2. The first kappa shape index (κ1) is 14.9. The number of hydrogen-bond acceptors (Lipinski definition) is 3. The van der Waals surface area contributed by atoms with Crippen molar-refractivity contribution in [3.63, 3.8) is 0 Å². The highest BCUT2D eigenvalue weighted by molar-refractivity contribution is 5.22. The molecule has 4 nitrogen and oxygen atoms in total. The van der Waals surface area contributed by atoms with E-state index in [1.807, 2.05) is 6.20 Å². The molecule has 0 N–H and O–H groups in total. The lowest BCUT2D eigenvalue weighted by atomic mass is 10.0. The van der Waals surface area contributed by atoms with Crippen molar-refractivity contribution in [2.24, 2.45) is 7.05 Å². The number of imidazole rings is 1. The van der Waals surface area contributed by atoms with Gasteiger partial charge in [-0.1, -0.05) is 6.07 Å². The molecule has 3 heterocycles. The zero-order valence-electron chi connectivity index (χ0n) is 14.3. The van der Waals surface area contributed by atoms with E-state index in [0.29, 0.717) is 6.04 Å². The molecule has 0 saturated carbocycles. The number of fused-ring (bicyclic) bond motifs is 1. The van der Waals surface area contributed by atoms with Crippen LogP contribution in [0.4, 0.5) is 0 Å². The van der Waals surface area contributed by atoms with Gasteiger partial charge in [0.2, 0.25) is 0 Å². The maximum absolute atomic E-state index is 5.04. The monoisotopic (exact) mass is 310 g/mol. The summed E-state index contributed by atoms with van der Waals surface area (Å²) in [5.41, 5.74) is 5.23. The van der Waals surface area contributed by atoms with Gasteiger partial charge in [-0.3, -0.25) is 9.88 Å². The van der Waals surface area contributed by atoms with E-state index in [9.17, 15) is 0 Å². The quantitative estimate of drug-likeness (QED) is 0.872. The summed E-state index contributed by atoms with van der Waals surface area (Å²) in [6.45, 7) is 4.17. The van der Waals surface area contributed by atoms with Gasteiger partial charge in [-0.05, 0) is 63.6 Å². The van der Waals surface area contributed by atoms with Crippen LogP contribution in [-0.2, 0) is 26.4 Å². The van der Waals surface area contributed by atoms with Crippen LogP contribution in [0.15, 0.2) is 18.3 Å². The topological polar surface area (TPSA) is 34.0 Å². The van der Waals surface area contributed by atoms with E-state index >= 15 is 0 Å². The zero-order chi connectivity index (χ0) is 15.8. The normalized spacial score (nSPS) is 21.6. The van der Waals surface area contributed by atoms with Crippen molar-refractivity contribution in [2.45, 2.75) is 58.0 Å². The molecule has 0 spiro atoms. The Hall–Kier alpha value is -1.68. The van der Waals surface area contributed by atoms with E-state index < -0.39 is 0 Å². The van der Waals surface area contributed by atoms with Gasteiger partial charge in [-0.25, -0.2) is 4.98 Å². The minimum absolute atomic E-state index is 0.453. The average molecular weight is 310 g/mol. The zero-order valence-corrected chi connectivity index (χ0v) is 14.3. The highest BCUT2D eigenvalue weighted by Crippen LogP contribution is 2.34. The Morgan fingerprint density at radius 1 is 1.17 bits per heavy atom. The summed E-state index contributed by atoms with van der Waals surface area (Å²) < 4.78 is 2.39. The molecule has 1 fully saturated rings. The van der Waals surface area contributed by atoms with Crippen molar-refractivity contribution >= 4 is 0 Å². The summed E-state index contributed by atoms with van der Waals surface area (Å²) in [5.74, 6) is 1.28. The highest BCUT2D eigenvalue weighted by Gasteiger charge is 2.31. The molecule has 1 aliphatic heterocycles. The van der Waals surface area contributed by atoms with Gasteiger partial charge in [0.05, 0.1) is 17.4 Å². The minimum atomic E-state index is 0.453. The fourth-order valence-electron chi connectivity index (χ4n) is 4.11. The van der Waals surface area contributed by atoms with E-state index in [0.717, 1.165) is 19.5 Å². The smallest absolute Gasteiger partial charge is 0.126 e. The van der Waals surface area contributed by atoms with Gasteiger partial charge in [-0.2, -0.15) is 0 Å². The lowest BCUT2D eigenvalue weighted by molar-refractivity contribution is 0.233. The van der Waals surface area contributed by atoms with Gasteiger partial charge in [0.1, 0.15) is 5.82 Å². The number of aryl methyl sites for hydroxylation is 2. The van der Waals surface area contributed by atoms with E-state index in [2.05, 4.69) is 40.6 Å². The van der Waals surface area contributed by atoms with Gasteiger partial charge >= 0.3 is 0 Å². The maximum Gasteiger partial charge on any atom is 0.126 e. The fourth-order valence-corrected chi connectivity index (χ4v) is 4.11. The van der Waals surface area contributed by atoms with Crippen LogP contribution in [0, 0.1) is 6.92 Å². The number of likely N-dealkylation sites (tertiary alicyclic amines) is 1. The van der Waals surface area contributed by atoms with E-state index in [1.165, 1.54) is 60.6 Å². The lowest BCUT2D eigenvalue weighted by Crippen LogP contribution is -2.25. The van der Waals surface area contributed by atoms with Crippen LogP contribution in [0.2, 0.25) is 0 Å². The molecule has 23 heavy (non-hydrogen) atoms. The Morgan fingerprint density at radius 2 is 2.04 bits per heavy atom. The Balaban J connectivity index is 1.58. The molecule has 1 atom stereocenters. The third kappa shape index (κ3) is 2.80. The van der Waals surface area contributed by atoms with Gasteiger partial charge in [0.15, 0.2) is 0 Å². The molecule has 0 bridgehead atoms. The molecular weight excluding hydrogens is 284 g/mol. The number of nitrogens with zero attached hydrogens (tertiary/aromatic N) is 4. The average Bonchev–Trinajstić information content (AvgIpc) is 3.14. The summed E-state index contributed by atoms with van der Waals surface area (Å²) in [6, 6.07) is 4.77. The Bertz CT molecular complexity index is 686. The summed E-state index contributed by atoms with van der Waals surface area (Å²) in [4.78, 5) is 12.2. The van der Waals surface area contributed by atoms with E-state index in [4.69, 9.17) is 4.98 Å². The molecule has 1 aliphatic carbocycles. The Labute approximate surface area is 138 Å². The molecular formula is C19H26N4. The number of rotatable bonds is 3. The number of aromatic nitrogens is 3. The van der Waals surface area contributed by atoms with Crippen molar-refractivity contribution in [1.29, 1.82) is 0 Å². The molecule has 1 saturated heterocycles. The van der Waals surface area contributed by atoms with Crippen LogP contribution >= 0.6 is 0 Å². The van der Waals surface area contributed by atoms with E-state index in [1.54, 1.807) is 0 Å². The summed E-state index contributed by atoms with van der Waals surface area (Å²) in [6.07, 6.45) is 9.42. The minimum Gasteiger partial charge on any atom is -0.334 e. The Morgan fingerprint density at radius 3 is 2.83 bits per heavy atom. The summed E-state index contributed by atoms with van der Waals surface area (Å²) in [7, 11) is 2.22. The van der Waals surface area contributed by atoms with Crippen molar-refractivity contribution in [2.75, 3.05) is 6.54 Å². The predicted molar refractivity (Wildman–Crippen MR) is 91.2 cm³/mol. The second-order valence-electron chi connectivity index (χ2n) is 7.08. The third-order valence-corrected chi connectivity index (χ3v) is 5.41. The molecule has 0 unspecified atom stereocenters. The highest BCUT2D eigenvalue weighted by atomic mass is 15.2. The van der Waals surface area contributed by atoms with Crippen LogP contribution in [0.25, 0.3) is 0 Å². The SMILES string of the molecule is Cc1ccc(CN2CCC[C@H]2c2nc3c(n2C)CCCC3)nc1. The van der Waals surface area contributed by atoms with Crippen LogP contribution < -0.4 is 0 Å². The molecule has 2 aromatic rings. The standard InChI is InChI=1S/C19H26N4/c1-14-9-10-15(20-12-14)13-23-11-5-8-18(23)19-21-16-6-3-4-7-17(16)22(19)2/h9-10,12,18H,3-8,11,13H2,1-2H3/t18-/m0/s1. The fraction of sp³-hybridized carbons (Fsp3) is 0.579. The second kappa shape index (κ2) is 6.08. The van der Waals surface area contributed by atoms with Crippen LogP contribution in [0.3, 0.4) is 0 Å². The molecule has 0 aromatic carbocycles. The molecule has 2 aromatic heterocycles. The van der Waals surface area contributed by atoms with Crippen LogP contribution in [0.5, 0.6) is 0 Å². The molecule has 0 radical (unpaired) electrons. The molecule has 0 amide bonds. The Kier molecular flexibility index (Phi) is 3.93. The maximum atomic E-state index is 5.04. The first-order valence-electron chi connectivity index (χ1n) is 8.92. The van der Waals surface area contributed by atoms with Crippen molar-refractivity contribution in [3.8, 4) is 0 Å². The molecule has 2 aliphatic rings. The van der Waals surface area contributed by atoms with Gasteiger partial charge in [0, 0.05) is 25.5 Å². The number of pyridine rings is 1. The lowest BCUT2D eigenvalue weighted by Gasteiger charge is -2.24. The van der Waals surface area contributed by atoms with Gasteiger partial charge < -0.3 is 4.57 Å². The molecule has 122 valence electrons. The second-order valence-corrected chi connectivity index (χ2v) is 7.08. The predicted octanol–water partition coefficient (Wildman–Crippen LogP) is 3.34. The van der Waals surface area contributed by atoms with Crippen molar-refractivity contribution in [1.82, 2.24) is 19.4 Å². The van der Waals surface area contributed by atoms with Crippen LogP contribution in [-0.4, -0.2) is 26.0 Å². The molecule has 4 heteroatoms. The summed E-state index contributed by atoms with van der Waals surface area (Å²) in [5, 5.41) is 0. The van der Waals surface area contributed by atoms with Gasteiger partial charge in [-0.15, -0.1) is 0 Å². The van der Waals surface area contributed by atoms with Crippen molar-refractivity contribution < 1.29 is 0 Å². The largest absolute Gasteiger partial charge is 0.334 e. The van der Waals surface area contributed by atoms with Crippen LogP contribution in [0.1, 0.15) is 60.2 Å². The molecule has 4 rings (SSSR count). The van der Waals surface area contributed by atoms with E-state index in [-0.39, 0.29) is 0 Å². The first-order valence-corrected chi connectivity index (χ1v) is 8.92.